The zero-order chi connectivity index (χ0) is 25.1. The standard InChI is InChI=1S/C27H28N4O4/c1-18-5-6-19(2)22(15-18)17-29-13-4-14-30(27(29)33)24-11-9-23(10-12-24)28-26(32)21-8-7-20(3)25(16-21)31(34)35/h5-12,15-16H,4,13-14,17H2,1-3H3,(H,28,32). The van der Waals surface area contributed by atoms with E-state index >= 15 is 0 Å². The predicted molar refractivity (Wildman–Crippen MR) is 136 cm³/mol. The maximum atomic E-state index is 13.2. The number of benzene rings is 3. The molecule has 1 aliphatic rings. The Morgan fingerprint density at radius 1 is 0.971 bits per heavy atom. The Morgan fingerprint density at radius 2 is 1.69 bits per heavy atom. The SMILES string of the molecule is Cc1ccc(C)c(CN2CCCN(c3ccc(NC(=O)c4ccc(C)c([N+](=O)[O-])c4)cc3)C2=O)c1. The molecular formula is C27H28N4O4. The Bertz CT molecular complexity index is 1290. The summed E-state index contributed by atoms with van der Waals surface area (Å²) < 4.78 is 0. The number of carbonyl (C=O) groups excluding carboxylic acids is 2. The van der Waals surface area contributed by atoms with Crippen LogP contribution in [-0.2, 0) is 6.54 Å². The van der Waals surface area contributed by atoms with Gasteiger partial charge in [0.25, 0.3) is 11.6 Å². The lowest BCUT2D eigenvalue weighted by molar-refractivity contribution is -0.385. The van der Waals surface area contributed by atoms with Gasteiger partial charge in [0, 0.05) is 48.2 Å². The van der Waals surface area contributed by atoms with Crippen molar-refractivity contribution in [2.75, 3.05) is 23.3 Å². The molecule has 35 heavy (non-hydrogen) atoms. The molecule has 3 aromatic rings. The van der Waals surface area contributed by atoms with Gasteiger partial charge in [0.2, 0.25) is 0 Å². The van der Waals surface area contributed by atoms with E-state index in [1.807, 2.05) is 11.8 Å². The van der Waals surface area contributed by atoms with Crippen molar-refractivity contribution in [2.24, 2.45) is 0 Å². The zero-order valence-corrected chi connectivity index (χ0v) is 20.1. The Kier molecular flexibility index (Phi) is 6.82. The maximum absolute atomic E-state index is 13.2. The number of aryl methyl sites for hydroxylation is 3. The molecule has 3 aromatic carbocycles. The molecule has 1 N–H and O–H groups in total. The third-order valence-electron chi connectivity index (χ3n) is 6.28. The van der Waals surface area contributed by atoms with E-state index in [9.17, 15) is 19.7 Å². The van der Waals surface area contributed by atoms with E-state index in [1.165, 1.54) is 17.2 Å². The Labute approximate surface area is 204 Å². The van der Waals surface area contributed by atoms with E-state index in [1.54, 1.807) is 48.2 Å². The summed E-state index contributed by atoms with van der Waals surface area (Å²) in [6, 6.07) is 17.7. The topological polar surface area (TPSA) is 95.8 Å². The smallest absolute Gasteiger partial charge is 0.322 e. The average molecular weight is 473 g/mol. The second-order valence-corrected chi connectivity index (χ2v) is 8.90. The number of hydrogen-bond acceptors (Lipinski definition) is 4. The number of nitrogens with one attached hydrogen (secondary N) is 1. The van der Waals surface area contributed by atoms with Gasteiger partial charge < -0.3 is 10.2 Å². The van der Waals surface area contributed by atoms with Crippen molar-refractivity contribution in [3.63, 3.8) is 0 Å². The molecule has 0 saturated carbocycles. The minimum absolute atomic E-state index is 0.0408. The van der Waals surface area contributed by atoms with E-state index in [4.69, 9.17) is 0 Å². The molecule has 1 fully saturated rings. The summed E-state index contributed by atoms with van der Waals surface area (Å²) in [5.41, 5.74) is 5.39. The number of nitro groups is 1. The number of urea groups is 1. The molecule has 1 saturated heterocycles. The van der Waals surface area contributed by atoms with Gasteiger partial charge in [-0.25, -0.2) is 4.79 Å². The normalized spacial score (nSPS) is 13.6. The van der Waals surface area contributed by atoms with Crippen molar-refractivity contribution in [1.82, 2.24) is 4.90 Å². The molecule has 4 rings (SSSR count). The number of hydrogen-bond donors (Lipinski definition) is 1. The van der Waals surface area contributed by atoms with Crippen LogP contribution in [0.3, 0.4) is 0 Å². The van der Waals surface area contributed by atoms with Gasteiger partial charge in [0.1, 0.15) is 0 Å². The van der Waals surface area contributed by atoms with Crippen LogP contribution in [0.1, 0.15) is 39.0 Å². The number of nitrogens with zero attached hydrogens (tertiary/aromatic N) is 3. The van der Waals surface area contributed by atoms with Crippen LogP contribution in [0.5, 0.6) is 0 Å². The lowest BCUT2D eigenvalue weighted by atomic mass is 10.0. The van der Waals surface area contributed by atoms with Crippen LogP contribution in [-0.4, -0.2) is 34.9 Å². The largest absolute Gasteiger partial charge is 0.324 e. The molecule has 8 nitrogen and oxygen atoms in total. The van der Waals surface area contributed by atoms with Gasteiger partial charge in [-0.05, 0) is 68.7 Å². The lowest BCUT2D eigenvalue weighted by Crippen LogP contribution is -2.49. The van der Waals surface area contributed by atoms with Crippen LogP contribution >= 0.6 is 0 Å². The van der Waals surface area contributed by atoms with E-state index in [-0.39, 0.29) is 17.3 Å². The van der Waals surface area contributed by atoms with Gasteiger partial charge in [-0.3, -0.25) is 19.8 Å². The summed E-state index contributed by atoms with van der Waals surface area (Å²) in [4.78, 5) is 40.1. The quantitative estimate of drug-likeness (QED) is 0.373. The molecule has 0 aromatic heterocycles. The molecular weight excluding hydrogens is 444 g/mol. The zero-order valence-electron chi connectivity index (χ0n) is 20.1. The van der Waals surface area contributed by atoms with Crippen LogP contribution < -0.4 is 10.2 Å². The molecule has 180 valence electrons. The van der Waals surface area contributed by atoms with Gasteiger partial charge in [-0.2, -0.15) is 0 Å². The van der Waals surface area contributed by atoms with Crippen molar-refractivity contribution in [1.29, 1.82) is 0 Å². The van der Waals surface area contributed by atoms with Crippen molar-refractivity contribution in [3.05, 3.63) is 98.6 Å². The predicted octanol–water partition coefficient (Wildman–Crippen LogP) is 5.60. The highest BCUT2D eigenvalue weighted by Gasteiger charge is 2.27. The maximum Gasteiger partial charge on any atom is 0.324 e. The minimum atomic E-state index is -0.500. The number of rotatable bonds is 6. The molecule has 0 bridgehead atoms. The second kappa shape index (κ2) is 9.97. The monoisotopic (exact) mass is 472 g/mol. The van der Waals surface area contributed by atoms with Crippen molar-refractivity contribution in [2.45, 2.75) is 33.7 Å². The molecule has 0 radical (unpaired) electrons. The first-order chi connectivity index (χ1) is 16.7. The molecule has 3 amide bonds. The summed E-state index contributed by atoms with van der Waals surface area (Å²) in [6.07, 6.45) is 0.862. The number of anilines is 2. The Hall–Kier alpha value is -4.20. The molecule has 1 heterocycles. The van der Waals surface area contributed by atoms with E-state index in [2.05, 4.69) is 30.4 Å². The van der Waals surface area contributed by atoms with Crippen LogP contribution in [0.2, 0.25) is 0 Å². The van der Waals surface area contributed by atoms with Crippen molar-refractivity contribution < 1.29 is 14.5 Å². The highest BCUT2D eigenvalue weighted by atomic mass is 16.6. The van der Waals surface area contributed by atoms with Gasteiger partial charge in [0.05, 0.1) is 4.92 Å². The number of amides is 3. The fourth-order valence-electron chi connectivity index (χ4n) is 4.22. The fourth-order valence-corrected chi connectivity index (χ4v) is 4.22. The molecule has 0 spiro atoms. The first-order valence-corrected chi connectivity index (χ1v) is 11.5. The third kappa shape index (κ3) is 5.32. The first kappa shape index (κ1) is 23.9. The van der Waals surface area contributed by atoms with Crippen LogP contribution in [0, 0.1) is 30.9 Å². The average Bonchev–Trinajstić information content (AvgIpc) is 2.83. The number of carbonyl (C=O) groups is 2. The second-order valence-electron chi connectivity index (χ2n) is 8.90. The van der Waals surface area contributed by atoms with E-state index in [0.717, 1.165) is 17.7 Å². The Balaban J connectivity index is 1.45. The van der Waals surface area contributed by atoms with Gasteiger partial charge in [-0.15, -0.1) is 0 Å². The molecule has 0 atom stereocenters. The minimum Gasteiger partial charge on any atom is -0.322 e. The van der Waals surface area contributed by atoms with Crippen LogP contribution in [0.25, 0.3) is 0 Å². The highest BCUT2D eigenvalue weighted by Crippen LogP contribution is 2.25. The third-order valence-corrected chi connectivity index (χ3v) is 6.28. The summed E-state index contributed by atoms with van der Waals surface area (Å²) >= 11 is 0. The van der Waals surface area contributed by atoms with E-state index in [0.29, 0.717) is 30.9 Å². The summed E-state index contributed by atoms with van der Waals surface area (Å²) in [5, 5.41) is 13.9. The summed E-state index contributed by atoms with van der Waals surface area (Å²) in [5.74, 6) is -0.436. The highest BCUT2D eigenvalue weighted by molar-refractivity contribution is 6.05. The van der Waals surface area contributed by atoms with Crippen molar-refractivity contribution >= 4 is 29.0 Å². The van der Waals surface area contributed by atoms with Crippen LogP contribution in [0.15, 0.2) is 60.7 Å². The van der Waals surface area contributed by atoms with Gasteiger partial charge in [-0.1, -0.05) is 29.8 Å². The summed E-state index contributed by atoms with van der Waals surface area (Å²) in [7, 11) is 0. The molecule has 0 aliphatic carbocycles. The molecule has 1 aliphatic heterocycles. The Morgan fingerprint density at radius 3 is 2.40 bits per heavy atom. The first-order valence-electron chi connectivity index (χ1n) is 11.5. The molecule has 0 unspecified atom stereocenters. The van der Waals surface area contributed by atoms with Crippen molar-refractivity contribution in [3.8, 4) is 0 Å². The van der Waals surface area contributed by atoms with Crippen LogP contribution in [0.4, 0.5) is 21.9 Å². The summed E-state index contributed by atoms with van der Waals surface area (Å²) in [6.45, 7) is 7.64. The van der Waals surface area contributed by atoms with Gasteiger partial charge >= 0.3 is 6.03 Å². The number of nitro benzene ring substituents is 1. The molecule has 8 heteroatoms. The van der Waals surface area contributed by atoms with Gasteiger partial charge in [0.15, 0.2) is 0 Å². The van der Waals surface area contributed by atoms with E-state index < -0.39 is 10.8 Å². The fraction of sp³-hybridized carbons (Fsp3) is 0.259. The lowest BCUT2D eigenvalue weighted by Gasteiger charge is -2.36.